The maximum Gasteiger partial charge on any atom is 0.215 e. The Labute approximate surface area is 155 Å². The van der Waals surface area contributed by atoms with Crippen LogP contribution >= 0.6 is 11.8 Å². The number of rotatable bonds is 5. The van der Waals surface area contributed by atoms with Gasteiger partial charge < -0.3 is 10.2 Å². The highest BCUT2D eigenvalue weighted by Crippen LogP contribution is 2.29. The number of nitrogens with one attached hydrogen (secondary N) is 2. The van der Waals surface area contributed by atoms with E-state index in [4.69, 9.17) is 0 Å². The molecule has 1 heterocycles. The summed E-state index contributed by atoms with van der Waals surface area (Å²) in [6.07, 6.45) is 0. The minimum atomic E-state index is -3.23. The van der Waals surface area contributed by atoms with E-state index in [1.54, 1.807) is 0 Å². The van der Waals surface area contributed by atoms with Crippen LogP contribution in [0.25, 0.3) is 0 Å². The Morgan fingerprint density at radius 2 is 1.92 bits per heavy atom. The zero-order valence-corrected chi connectivity index (χ0v) is 17.0. The molecule has 0 saturated carbocycles. The van der Waals surface area contributed by atoms with Crippen molar-refractivity contribution in [1.82, 2.24) is 14.9 Å². The highest BCUT2D eigenvalue weighted by atomic mass is 32.2. The van der Waals surface area contributed by atoms with Gasteiger partial charge in [-0.3, -0.25) is 4.99 Å². The predicted molar refractivity (Wildman–Crippen MR) is 106 cm³/mol. The first kappa shape index (κ1) is 20.1. The number of sulfonamides is 1. The fraction of sp³-hybridized carbons (Fsp3) is 0.588. The summed E-state index contributed by atoms with van der Waals surface area (Å²) in [6, 6.07) is 7.62. The molecule has 0 atom stereocenters. The lowest BCUT2D eigenvalue weighted by atomic mass is 10.1. The van der Waals surface area contributed by atoms with E-state index in [1.807, 2.05) is 43.1 Å². The van der Waals surface area contributed by atoms with Crippen molar-refractivity contribution in [3.63, 3.8) is 0 Å². The number of benzene rings is 1. The third-order valence-corrected chi connectivity index (χ3v) is 6.71. The third kappa shape index (κ3) is 6.20. The highest BCUT2D eigenvalue weighted by Gasteiger charge is 2.28. The van der Waals surface area contributed by atoms with Crippen LogP contribution in [0.3, 0.4) is 0 Å². The minimum absolute atomic E-state index is 0.000591. The third-order valence-electron chi connectivity index (χ3n) is 4.08. The Kier molecular flexibility index (Phi) is 6.76. The zero-order chi connectivity index (χ0) is 18.5. The summed E-state index contributed by atoms with van der Waals surface area (Å²) in [4.78, 5) is 6.70. The molecule has 0 aromatic heterocycles. The Hall–Kier alpha value is -1.25. The van der Waals surface area contributed by atoms with Crippen LogP contribution in [0, 0.1) is 0 Å². The number of thioether (sulfide) groups is 1. The molecular weight excluding hydrogens is 356 g/mol. The molecule has 25 heavy (non-hydrogen) atoms. The maximum atomic E-state index is 11.6. The lowest BCUT2D eigenvalue weighted by Crippen LogP contribution is -2.50. The molecule has 140 valence electrons. The summed E-state index contributed by atoms with van der Waals surface area (Å²) in [7, 11) is 0.00444. The molecule has 2 N–H and O–H groups in total. The van der Waals surface area contributed by atoms with Crippen LogP contribution in [0.1, 0.15) is 25.0 Å². The molecule has 0 radical (unpaired) electrons. The average molecular weight is 385 g/mol. The van der Waals surface area contributed by atoms with Crippen LogP contribution in [-0.2, 0) is 22.3 Å². The molecule has 0 aliphatic carbocycles. The zero-order valence-electron chi connectivity index (χ0n) is 15.4. The largest absolute Gasteiger partial charge is 0.352 e. The van der Waals surface area contributed by atoms with Gasteiger partial charge in [-0.2, -0.15) is 11.8 Å². The van der Waals surface area contributed by atoms with Gasteiger partial charge in [-0.25, -0.2) is 13.1 Å². The minimum Gasteiger partial charge on any atom is -0.352 e. The van der Waals surface area contributed by atoms with Crippen molar-refractivity contribution in [1.29, 1.82) is 0 Å². The second-order valence-electron chi connectivity index (χ2n) is 6.71. The molecule has 6 nitrogen and oxygen atoms in total. The van der Waals surface area contributed by atoms with E-state index >= 15 is 0 Å². The van der Waals surface area contributed by atoms with Gasteiger partial charge in [0.1, 0.15) is 0 Å². The molecule has 1 aromatic carbocycles. The Balaban J connectivity index is 1.93. The van der Waals surface area contributed by atoms with Crippen LogP contribution in [0.4, 0.5) is 0 Å². The predicted octanol–water partition coefficient (Wildman–Crippen LogP) is 1.64. The van der Waals surface area contributed by atoms with Crippen molar-refractivity contribution in [2.24, 2.45) is 4.99 Å². The van der Waals surface area contributed by atoms with Crippen LogP contribution in [0.2, 0.25) is 0 Å². The van der Waals surface area contributed by atoms with Crippen LogP contribution in [-0.4, -0.2) is 57.0 Å². The molecule has 1 saturated heterocycles. The fourth-order valence-electron chi connectivity index (χ4n) is 2.76. The Morgan fingerprint density at radius 3 is 2.48 bits per heavy atom. The first-order valence-electron chi connectivity index (χ1n) is 8.33. The maximum absolute atomic E-state index is 11.6. The number of hydrogen-bond donors (Lipinski definition) is 2. The van der Waals surface area contributed by atoms with Gasteiger partial charge in [-0.1, -0.05) is 24.3 Å². The number of aliphatic imine (C=N–C) groups is 1. The number of nitrogens with zero attached hydrogens (tertiary/aromatic N) is 2. The summed E-state index contributed by atoms with van der Waals surface area (Å²) in [5.41, 5.74) is 1.87. The first-order chi connectivity index (χ1) is 11.7. The van der Waals surface area contributed by atoms with Gasteiger partial charge in [0, 0.05) is 37.2 Å². The Bertz CT molecular complexity index is 700. The van der Waals surface area contributed by atoms with Gasteiger partial charge in [-0.15, -0.1) is 0 Å². The van der Waals surface area contributed by atoms with E-state index in [0.29, 0.717) is 6.54 Å². The van der Waals surface area contributed by atoms with E-state index in [2.05, 4.69) is 33.8 Å². The van der Waals surface area contributed by atoms with Gasteiger partial charge in [0.2, 0.25) is 10.0 Å². The molecular formula is C17H28N4O2S2. The standard InChI is InChI=1S/C17H28N4O2S2/c1-17(2)13-21(9-10-24-17)16(18-3)20-11-14-5-7-15(8-6-14)12-25(22,23)19-4/h5-8,19H,9-13H2,1-4H3,(H,18,20). The molecule has 1 fully saturated rings. The lowest BCUT2D eigenvalue weighted by Gasteiger charge is -2.39. The molecule has 8 heteroatoms. The molecule has 0 amide bonds. The molecule has 2 rings (SSSR count). The van der Waals surface area contributed by atoms with Crippen molar-refractivity contribution in [3.05, 3.63) is 35.4 Å². The van der Waals surface area contributed by atoms with Gasteiger partial charge in [-0.05, 0) is 32.0 Å². The second kappa shape index (κ2) is 8.42. The summed E-state index contributed by atoms with van der Waals surface area (Å²) in [5.74, 6) is 2.01. The molecule has 1 aliphatic rings. The molecule has 0 spiro atoms. The van der Waals surface area contributed by atoms with Crippen LogP contribution < -0.4 is 10.0 Å². The fourth-order valence-corrected chi connectivity index (χ4v) is 4.64. The van der Waals surface area contributed by atoms with E-state index in [0.717, 1.165) is 35.9 Å². The van der Waals surface area contributed by atoms with E-state index in [9.17, 15) is 8.42 Å². The summed E-state index contributed by atoms with van der Waals surface area (Å²) in [5, 5.41) is 3.41. The van der Waals surface area contributed by atoms with Crippen molar-refractivity contribution < 1.29 is 8.42 Å². The summed E-state index contributed by atoms with van der Waals surface area (Å²) in [6.45, 7) is 7.15. The van der Waals surface area contributed by atoms with Gasteiger partial charge in [0.25, 0.3) is 0 Å². The summed E-state index contributed by atoms with van der Waals surface area (Å²) < 4.78 is 25.7. The normalized spacial score (nSPS) is 18.2. The molecule has 1 aliphatic heterocycles. The SMILES string of the molecule is CN=C(NCc1ccc(CS(=O)(=O)NC)cc1)N1CCSC(C)(C)C1. The van der Waals surface area contributed by atoms with Crippen molar-refractivity contribution in [2.45, 2.75) is 30.9 Å². The molecule has 0 bridgehead atoms. The van der Waals surface area contributed by atoms with Gasteiger partial charge in [0.05, 0.1) is 5.75 Å². The van der Waals surface area contributed by atoms with E-state index < -0.39 is 10.0 Å². The van der Waals surface area contributed by atoms with Crippen molar-refractivity contribution >= 4 is 27.7 Å². The van der Waals surface area contributed by atoms with Crippen LogP contribution in [0.5, 0.6) is 0 Å². The quantitative estimate of drug-likeness (QED) is 0.596. The number of hydrogen-bond acceptors (Lipinski definition) is 4. The van der Waals surface area contributed by atoms with E-state index in [1.165, 1.54) is 7.05 Å². The van der Waals surface area contributed by atoms with Crippen molar-refractivity contribution in [3.8, 4) is 0 Å². The lowest BCUT2D eigenvalue weighted by molar-refractivity contribution is 0.376. The summed E-state index contributed by atoms with van der Waals surface area (Å²) >= 11 is 2.00. The molecule has 0 unspecified atom stereocenters. The van der Waals surface area contributed by atoms with Crippen molar-refractivity contribution in [2.75, 3.05) is 32.9 Å². The van der Waals surface area contributed by atoms with E-state index in [-0.39, 0.29) is 10.5 Å². The molecule has 1 aromatic rings. The topological polar surface area (TPSA) is 73.8 Å². The average Bonchev–Trinajstić information content (AvgIpc) is 2.56. The van der Waals surface area contributed by atoms with Gasteiger partial charge >= 0.3 is 0 Å². The van der Waals surface area contributed by atoms with Gasteiger partial charge in [0.15, 0.2) is 5.96 Å². The number of guanidine groups is 1. The Morgan fingerprint density at radius 1 is 1.28 bits per heavy atom. The van der Waals surface area contributed by atoms with Crippen LogP contribution in [0.15, 0.2) is 29.3 Å². The smallest absolute Gasteiger partial charge is 0.215 e. The first-order valence-corrected chi connectivity index (χ1v) is 11.0. The highest BCUT2D eigenvalue weighted by molar-refractivity contribution is 8.00. The monoisotopic (exact) mass is 384 g/mol. The second-order valence-corrected chi connectivity index (χ2v) is 10.4.